The number of aliphatic hydroxyl groups excluding tert-OH is 6. The molecular formula is C6H18Ca2O6. The molecule has 8 heteroatoms. The molecule has 0 heterocycles. The molecule has 0 aliphatic heterocycles. The summed E-state index contributed by atoms with van der Waals surface area (Å²) in [6.07, 6.45) is -6.39. The first kappa shape index (κ1) is 21.6. The summed E-state index contributed by atoms with van der Waals surface area (Å²) in [6, 6.07) is 0. The van der Waals surface area contributed by atoms with Crippen LogP contribution in [0.15, 0.2) is 0 Å². The van der Waals surface area contributed by atoms with Crippen molar-refractivity contribution >= 4 is 75.5 Å². The van der Waals surface area contributed by atoms with E-state index in [0.29, 0.717) is 0 Å². The zero-order valence-corrected chi connectivity index (χ0v) is 12.2. The van der Waals surface area contributed by atoms with Crippen molar-refractivity contribution in [3.05, 3.63) is 0 Å². The van der Waals surface area contributed by atoms with E-state index in [1.807, 2.05) is 0 Å². The van der Waals surface area contributed by atoms with E-state index in [9.17, 15) is 0 Å². The Morgan fingerprint density at radius 2 is 0.929 bits per heavy atom. The molecular weight excluding hydrogens is 248 g/mol. The van der Waals surface area contributed by atoms with Crippen LogP contribution in [0.4, 0.5) is 0 Å². The average molecular weight is 266 g/mol. The topological polar surface area (TPSA) is 121 Å². The van der Waals surface area contributed by atoms with E-state index in [1.54, 1.807) is 0 Å². The molecule has 0 aliphatic carbocycles. The Kier molecular flexibility index (Phi) is 18.1. The van der Waals surface area contributed by atoms with E-state index in [0.717, 1.165) is 0 Å². The fourth-order valence-electron chi connectivity index (χ4n) is 0.671. The largest absolute Gasteiger partial charge is 2.00 e. The molecule has 0 saturated heterocycles. The molecule has 0 bridgehead atoms. The summed E-state index contributed by atoms with van der Waals surface area (Å²) in [7, 11) is 0. The molecule has 82 valence electrons. The van der Waals surface area contributed by atoms with Gasteiger partial charge < -0.3 is 36.3 Å². The van der Waals surface area contributed by atoms with Crippen LogP contribution in [-0.4, -0.2) is 144 Å². The monoisotopic (exact) mass is 266 g/mol. The van der Waals surface area contributed by atoms with Crippen molar-refractivity contribution < 1.29 is 36.3 Å². The molecule has 4 atom stereocenters. The molecule has 0 aromatic carbocycles. The van der Waals surface area contributed by atoms with Gasteiger partial charge in [0.1, 0.15) is 24.4 Å². The van der Waals surface area contributed by atoms with Gasteiger partial charge in [-0.3, -0.25) is 0 Å². The molecule has 0 rings (SSSR count). The first-order valence-corrected chi connectivity index (χ1v) is 3.48. The second kappa shape index (κ2) is 11.8. The minimum atomic E-state index is -1.67. The van der Waals surface area contributed by atoms with Gasteiger partial charge in [-0.1, -0.05) is 0 Å². The standard InChI is InChI=1S/C6H14O6.2Ca.4H/c7-1-3(9)5(11)6(12)4(10)2-8;;;;;;/h3-12H,1-2H2;;;;;;/q;2*+2;4*-1/t3-,4+,5-,6-;;;;;;/m1....../s1. The Morgan fingerprint density at radius 1 is 0.714 bits per heavy atom. The normalized spacial score (nSPS) is 18.4. The zero-order chi connectivity index (χ0) is 9.72. The molecule has 0 aromatic rings. The van der Waals surface area contributed by atoms with Crippen molar-refractivity contribution in [2.24, 2.45) is 0 Å². The van der Waals surface area contributed by atoms with Gasteiger partial charge in [0, 0.05) is 0 Å². The van der Waals surface area contributed by atoms with Crippen molar-refractivity contribution in [2.45, 2.75) is 24.4 Å². The van der Waals surface area contributed by atoms with Crippen LogP contribution < -0.4 is 0 Å². The average Bonchev–Trinajstić information content (AvgIpc) is 2.12. The summed E-state index contributed by atoms with van der Waals surface area (Å²) in [5.41, 5.74) is 0. The number of aliphatic hydroxyl groups is 6. The Hall–Kier alpha value is 2.28. The van der Waals surface area contributed by atoms with Crippen LogP contribution >= 0.6 is 0 Å². The number of rotatable bonds is 5. The Balaban J connectivity index is -0.0000000403. The van der Waals surface area contributed by atoms with Crippen LogP contribution in [-0.2, 0) is 0 Å². The molecule has 14 heavy (non-hydrogen) atoms. The summed E-state index contributed by atoms with van der Waals surface area (Å²) in [4.78, 5) is 0. The molecule has 0 unspecified atom stereocenters. The van der Waals surface area contributed by atoms with E-state index in [1.165, 1.54) is 0 Å². The van der Waals surface area contributed by atoms with Gasteiger partial charge in [-0.15, -0.1) is 0 Å². The quantitative estimate of drug-likeness (QED) is 0.283. The van der Waals surface area contributed by atoms with Gasteiger partial charge in [-0.25, -0.2) is 0 Å². The van der Waals surface area contributed by atoms with E-state index >= 15 is 0 Å². The van der Waals surface area contributed by atoms with Gasteiger partial charge in [0.2, 0.25) is 0 Å². The van der Waals surface area contributed by atoms with Crippen LogP contribution in [0.2, 0.25) is 0 Å². The number of hydrogen-bond acceptors (Lipinski definition) is 6. The van der Waals surface area contributed by atoms with Crippen LogP contribution in [0.5, 0.6) is 0 Å². The van der Waals surface area contributed by atoms with Gasteiger partial charge in [0.15, 0.2) is 0 Å². The van der Waals surface area contributed by atoms with E-state index < -0.39 is 37.6 Å². The van der Waals surface area contributed by atoms with Gasteiger partial charge in [-0.2, -0.15) is 0 Å². The third-order valence-electron chi connectivity index (χ3n) is 1.51. The number of hydrogen-bond donors (Lipinski definition) is 6. The maximum absolute atomic E-state index is 8.96. The van der Waals surface area contributed by atoms with Crippen molar-refractivity contribution in [1.82, 2.24) is 0 Å². The second-order valence-corrected chi connectivity index (χ2v) is 2.48. The van der Waals surface area contributed by atoms with Gasteiger partial charge in [-0.05, 0) is 0 Å². The maximum atomic E-state index is 8.96. The summed E-state index contributed by atoms with van der Waals surface area (Å²) >= 11 is 0. The molecule has 0 spiro atoms. The molecule has 0 amide bonds. The zero-order valence-electron chi connectivity index (χ0n) is 11.8. The fourth-order valence-corrected chi connectivity index (χ4v) is 0.671. The van der Waals surface area contributed by atoms with Crippen LogP contribution in [0.1, 0.15) is 5.71 Å². The van der Waals surface area contributed by atoms with E-state index in [2.05, 4.69) is 0 Å². The smallest absolute Gasteiger partial charge is 1.00 e. The molecule has 0 aliphatic rings. The molecule has 0 saturated carbocycles. The summed E-state index contributed by atoms with van der Waals surface area (Å²) in [6.45, 7) is -1.45. The second-order valence-electron chi connectivity index (χ2n) is 2.48. The molecule has 0 aromatic heterocycles. The third kappa shape index (κ3) is 7.54. The van der Waals surface area contributed by atoms with Crippen LogP contribution in [0.3, 0.4) is 0 Å². The molecule has 6 nitrogen and oxygen atoms in total. The Morgan fingerprint density at radius 3 is 1.07 bits per heavy atom. The third-order valence-corrected chi connectivity index (χ3v) is 1.51. The predicted octanol–water partition coefficient (Wildman–Crippen LogP) is -3.90. The van der Waals surface area contributed by atoms with Gasteiger partial charge in [0.05, 0.1) is 13.2 Å². The van der Waals surface area contributed by atoms with Crippen molar-refractivity contribution in [2.75, 3.05) is 13.2 Å². The minimum Gasteiger partial charge on any atom is -1.00 e. The predicted molar refractivity (Wildman–Crippen MR) is 54.2 cm³/mol. The van der Waals surface area contributed by atoms with Gasteiger partial charge in [0.25, 0.3) is 0 Å². The summed E-state index contributed by atoms with van der Waals surface area (Å²) in [5, 5.41) is 52.2. The van der Waals surface area contributed by atoms with Gasteiger partial charge >= 0.3 is 75.5 Å². The van der Waals surface area contributed by atoms with Crippen LogP contribution in [0, 0.1) is 0 Å². The Bertz CT molecular complexity index is 127. The van der Waals surface area contributed by atoms with Crippen molar-refractivity contribution in [3.8, 4) is 0 Å². The first-order valence-electron chi connectivity index (χ1n) is 3.48. The summed E-state index contributed by atoms with van der Waals surface area (Å²) in [5.74, 6) is 0. The minimum absolute atomic E-state index is 0. The molecule has 0 fully saturated rings. The van der Waals surface area contributed by atoms with E-state index in [-0.39, 0.29) is 81.2 Å². The van der Waals surface area contributed by atoms with E-state index in [4.69, 9.17) is 30.6 Å². The first-order chi connectivity index (χ1) is 5.54. The van der Waals surface area contributed by atoms with Crippen molar-refractivity contribution in [1.29, 1.82) is 0 Å². The molecule has 6 N–H and O–H groups in total. The maximum Gasteiger partial charge on any atom is 2.00 e. The van der Waals surface area contributed by atoms with Crippen LogP contribution in [0.25, 0.3) is 0 Å². The summed E-state index contributed by atoms with van der Waals surface area (Å²) < 4.78 is 0. The Labute approximate surface area is 148 Å². The SMILES string of the molecule is OC[C@@H](O)[C@@H](O)[C@H](O)[C@@H](O)CO.[Ca+2].[Ca+2].[H-].[H-].[H-].[H-]. The van der Waals surface area contributed by atoms with Crippen molar-refractivity contribution in [3.63, 3.8) is 0 Å². The fraction of sp³-hybridized carbons (Fsp3) is 1.00. The molecule has 0 radical (unpaired) electrons.